The van der Waals surface area contributed by atoms with E-state index in [0.29, 0.717) is 6.04 Å². The van der Waals surface area contributed by atoms with E-state index in [1.54, 1.807) is 0 Å². The Kier molecular flexibility index (Phi) is 3.93. The van der Waals surface area contributed by atoms with Crippen LogP contribution in [-0.4, -0.2) is 28.6 Å². The first kappa shape index (κ1) is 13.6. The number of amidine groups is 1. The Morgan fingerprint density at radius 3 is 2.84 bits per heavy atom. The number of hydrogen-bond donors (Lipinski definition) is 2. The third kappa shape index (κ3) is 2.64. The second-order valence-corrected chi connectivity index (χ2v) is 5.30. The highest BCUT2D eigenvalue weighted by molar-refractivity contribution is 6.02. The molecule has 0 spiro atoms. The van der Waals surface area contributed by atoms with Crippen LogP contribution in [-0.2, 0) is 0 Å². The van der Waals surface area contributed by atoms with Crippen LogP contribution in [0.25, 0.3) is 0 Å². The average molecular weight is 262 g/mol. The first-order valence-corrected chi connectivity index (χ1v) is 6.77. The van der Waals surface area contributed by atoms with Crippen molar-refractivity contribution in [3.05, 3.63) is 22.9 Å². The summed E-state index contributed by atoms with van der Waals surface area (Å²) in [5.41, 5.74) is 8.54. The lowest BCUT2D eigenvalue weighted by atomic mass is 10.0. The number of rotatable bonds is 2. The van der Waals surface area contributed by atoms with E-state index >= 15 is 0 Å². The maximum absolute atomic E-state index is 8.99. The van der Waals surface area contributed by atoms with Gasteiger partial charge in [0.05, 0.1) is 5.56 Å². The Morgan fingerprint density at radius 2 is 2.21 bits per heavy atom. The molecule has 3 N–H and O–H groups in total. The van der Waals surface area contributed by atoms with Gasteiger partial charge in [-0.2, -0.15) is 0 Å². The second kappa shape index (κ2) is 5.47. The number of aryl methyl sites for hydroxylation is 2. The highest BCUT2D eigenvalue weighted by Crippen LogP contribution is 2.28. The molecule has 104 valence electrons. The van der Waals surface area contributed by atoms with Crippen LogP contribution >= 0.6 is 0 Å². The van der Waals surface area contributed by atoms with Gasteiger partial charge in [0, 0.05) is 18.3 Å². The summed E-state index contributed by atoms with van der Waals surface area (Å²) in [6, 6.07) is 2.40. The van der Waals surface area contributed by atoms with Crippen molar-refractivity contribution in [3.8, 4) is 0 Å². The third-order valence-corrected chi connectivity index (χ3v) is 3.76. The Hall–Kier alpha value is -1.78. The highest BCUT2D eigenvalue weighted by Gasteiger charge is 2.24. The number of pyridine rings is 1. The zero-order chi connectivity index (χ0) is 14.0. The highest BCUT2D eigenvalue weighted by atomic mass is 16.4. The number of oxime groups is 1. The molecule has 1 atom stereocenters. The molecule has 1 aromatic heterocycles. The van der Waals surface area contributed by atoms with Gasteiger partial charge < -0.3 is 15.8 Å². The smallest absolute Gasteiger partial charge is 0.174 e. The number of anilines is 1. The molecule has 2 rings (SSSR count). The van der Waals surface area contributed by atoms with Crippen molar-refractivity contribution in [2.75, 3.05) is 11.4 Å². The van der Waals surface area contributed by atoms with Gasteiger partial charge in [-0.3, -0.25) is 0 Å². The maximum atomic E-state index is 8.99. The molecule has 0 bridgehead atoms. The maximum Gasteiger partial charge on any atom is 0.174 e. The fourth-order valence-electron chi connectivity index (χ4n) is 2.80. The molecule has 1 fully saturated rings. The number of nitrogens with zero attached hydrogens (tertiary/aromatic N) is 3. The predicted octanol–water partition coefficient (Wildman–Crippen LogP) is 2.17. The zero-order valence-corrected chi connectivity index (χ0v) is 11.8. The van der Waals surface area contributed by atoms with Crippen molar-refractivity contribution in [3.63, 3.8) is 0 Å². The molecule has 1 aromatic rings. The Balaban J connectivity index is 2.54. The molecule has 5 nitrogen and oxygen atoms in total. The monoisotopic (exact) mass is 262 g/mol. The van der Waals surface area contributed by atoms with Crippen molar-refractivity contribution < 1.29 is 5.21 Å². The second-order valence-electron chi connectivity index (χ2n) is 5.30. The third-order valence-electron chi connectivity index (χ3n) is 3.76. The quantitative estimate of drug-likeness (QED) is 0.371. The molecule has 0 saturated carbocycles. The van der Waals surface area contributed by atoms with Gasteiger partial charge in [-0.25, -0.2) is 4.98 Å². The lowest BCUT2D eigenvalue weighted by molar-refractivity contribution is 0.318. The Labute approximate surface area is 114 Å². The summed E-state index contributed by atoms with van der Waals surface area (Å²) in [5.74, 6) is 0.984. The molecule has 1 unspecified atom stereocenters. The van der Waals surface area contributed by atoms with Crippen molar-refractivity contribution >= 4 is 11.7 Å². The van der Waals surface area contributed by atoms with Gasteiger partial charge in [-0.15, -0.1) is 0 Å². The van der Waals surface area contributed by atoms with Crippen molar-refractivity contribution in [2.24, 2.45) is 10.9 Å². The number of piperidine rings is 1. The van der Waals surface area contributed by atoms with Crippen LogP contribution in [0.4, 0.5) is 5.82 Å². The Bertz CT molecular complexity index is 498. The largest absolute Gasteiger partial charge is 0.409 e. The van der Waals surface area contributed by atoms with Crippen LogP contribution in [0.3, 0.4) is 0 Å². The summed E-state index contributed by atoms with van der Waals surface area (Å²) >= 11 is 0. The van der Waals surface area contributed by atoms with Crippen molar-refractivity contribution in [1.82, 2.24) is 4.98 Å². The molecular weight excluding hydrogens is 240 g/mol. The molecule has 0 amide bonds. The molecule has 2 heterocycles. The van der Waals surface area contributed by atoms with Gasteiger partial charge in [0.15, 0.2) is 5.84 Å². The van der Waals surface area contributed by atoms with E-state index in [2.05, 4.69) is 22.0 Å². The van der Waals surface area contributed by atoms with Crippen LogP contribution in [0.2, 0.25) is 0 Å². The first-order valence-electron chi connectivity index (χ1n) is 6.77. The van der Waals surface area contributed by atoms with E-state index in [1.807, 2.05) is 19.9 Å². The fourth-order valence-corrected chi connectivity index (χ4v) is 2.80. The predicted molar refractivity (Wildman–Crippen MR) is 76.9 cm³/mol. The normalized spacial score (nSPS) is 20.7. The summed E-state index contributed by atoms with van der Waals surface area (Å²) < 4.78 is 0. The molecule has 0 aromatic carbocycles. The van der Waals surface area contributed by atoms with Crippen molar-refractivity contribution in [1.29, 1.82) is 0 Å². The van der Waals surface area contributed by atoms with Crippen LogP contribution in [0.5, 0.6) is 0 Å². The minimum atomic E-state index is 0.137. The van der Waals surface area contributed by atoms with Crippen molar-refractivity contribution in [2.45, 2.75) is 46.1 Å². The topological polar surface area (TPSA) is 74.7 Å². The van der Waals surface area contributed by atoms with Crippen LogP contribution in [0, 0.1) is 13.8 Å². The minimum Gasteiger partial charge on any atom is -0.409 e. The summed E-state index contributed by atoms with van der Waals surface area (Å²) in [6.45, 7) is 7.12. The molecule has 0 aliphatic carbocycles. The van der Waals surface area contributed by atoms with Gasteiger partial charge in [0.25, 0.3) is 0 Å². The van der Waals surface area contributed by atoms with Gasteiger partial charge >= 0.3 is 0 Å². The van der Waals surface area contributed by atoms with E-state index in [9.17, 15) is 0 Å². The standard InChI is InChI=1S/C14H22N4O/c1-9-8-10(2)16-14(12(9)13(15)17-19)18-7-5-4-6-11(18)3/h8,11,19H,4-7H2,1-3H3,(H2,15,17). The van der Waals surface area contributed by atoms with Gasteiger partial charge in [-0.1, -0.05) is 5.16 Å². The summed E-state index contributed by atoms with van der Waals surface area (Å²) in [5, 5.41) is 12.1. The van der Waals surface area contributed by atoms with Crippen LogP contribution in [0.1, 0.15) is 43.0 Å². The lowest BCUT2D eigenvalue weighted by Gasteiger charge is -2.36. The fraction of sp³-hybridized carbons (Fsp3) is 0.571. The first-order chi connectivity index (χ1) is 9.04. The van der Waals surface area contributed by atoms with Crippen LogP contribution in [0.15, 0.2) is 11.2 Å². The van der Waals surface area contributed by atoms with E-state index < -0.39 is 0 Å². The molecular formula is C14H22N4O. The zero-order valence-electron chi connectivity index (χ0n) is 11.8. The molecule has 1 aliphatic heterocycles. The Morgan fingerprint density at radius 1 is 1.47 bits per heavy atom. The van der Waals surface area contributed by atoms with Crippen LogP contribution < -0.4 is 10.6 Å². The summed E-state index contributed by atoms with van der Waals surface area (Å²) in [6.07, 6.45) is 3.57. The average Bonchev–Trinajstić information content (AvgIpc) is 2.37. The van der Waals surface area contributed by atoms with Gasteiger partial charge in [-0.05, 0) is 51.7 Å². The number of nitrogens with two attached hydrogens (primary N) is 1. The molecule has 1 aliphatic rings. The summed E-state index contributed by atoms with van der Waals surface area (Å²) in [4.78, 5) is 6.91. The molecule has 5 heteroatoms. The van der Waals surface area contributed by atoms with Gasteiger partial charge in [0.1, 0.15) is 5.82 Å². The molecule has 0 radical (unpaired) electrons. The number of hydrogen-bond acceptors (Lipinski definition) is 4. The lowest BCUT2D eigenvalue weighted by Crippen LogP contribution is -2.39. The molecule has 1 saturated heterocycles. The SMILES string of the molecule is Cc1cc(C)c(/C(N)=N/O)c(N2CCCCC2C)n1. The minimum absolute atomic E-state index is 0.137. The molecule has 19 heavy (non-hydrogen) atoms. The van der Waals surface area contributed by atoms with E-state index in [-0.39, 0.29) is 5.84 Å². The van der Waals surface area contributed by atoms with E-state index in [4.69, 9.17) is 10.9 Å². The van der Waals surface area contributed by atoms with E-state index in [0.717, 1.165) is 42.0 Å². The van der Waals surface area contributed by atoms with Gasteiger partial charge in [0.2, 0.25) is 0 Å². The number of aromatic nitrogens is 1. The summed E-state index contributed by atoms with van der Waals surface area (Å²) in [7, 11) is 0. The van der Waals surface area contributed by atoms with E-state index in [1.165, 1.54) is 6.42 Å².